The van der Waals surface area contributed by atoms with E-state index < -0.39 is 35.4 Å². The summed E-state index contributed by atoms with van der Waals surface area (Å²) in [4.78, 5) is 30.3. The summed E-state index contributed by atoms with van der Waals surface area (Å²) in [6, 6.07) is 17.8. The fourth-order valence-corrected chi connectivity index (χ4v) is 6.42. The van der Waals surface area contributed by atoms with Gasteiger partial charge in [0.2, 0.25) is 5.16 Å². The number of carbonyl (C=O) groups is 2. The maximum atomic E-state index is 13.6. The first-order chi connectivity index (χ1) is 21.5. The zero-order valence-corrected chi connectivity index (χ0v) is 28.7. The van der Waals surface area contributed by atoms with Gasteiger partial charge >= 0.3 is 6.09 Å². The molecule has 2 amide bonds. The summed E-state index contributed by atoms with van der Waals surface area (Å²) in [7, 11) is -4.78. The van der Waals surface area contributed by atoms with Gasteiger partial charge in [-0.1, -0.05) is 37.8 Å². The van der Waals surface area contributed by atoms with Crippen molar-refractivity contribution in [1.82, 2.24) is 9.55 Å². The van der Waals surface area contributed by atoms with E-state index in [-0.39, 0.29) is 39.5 Å². The Morgan fingerprint density at radius 1 is 0.957 bits per heavy atom. The molecule has 0 fully saturated rings. The number of anilines is 2. The number of nitrogens with zero attached hydrogens (tertiary/aromatic N) is 2. The van der Waals surface area contributed by atoms with Crippen molar-refractivity contribution in [2.45, 2.75) is 68.8 Å². The van der Waals surface area contributed by atoms with Crippen LogP contribution in [0, 0.1) is 10.6 Å². The fourth-order valence-electron chi connectivity index (χ4n) is 4.28. The van der Waals surface area contributed by atoms with E-state index >= 15 is 0 Å². The van der Waals surface area contributed by atoms with Crippen molar-refractivity contribution >= 4 is 41.2 Å². The molecule has 244 valence electrons. The molecule has 1 heterocycles. The molecule has 3 aromatic carbocycles. The van der Waals surface area contributed by atoms with Crippen molar-refractivity contribution in [2.24, 2.45) is 0 Å². The number of amides is 2. The Balaban J connectivity index is 1.54. The van der Waals surface area contributed by atoms with Gasteiger partial charge in [-0.15, -0.1) is 0 Å². The van der Waals surface area contributed by atoms with Crippen molar-refractivity contribution in [3.05, 3.63) is 90.5 Å². The highest BCUT2D eigenvalue weighted by atomic mass is 32.2. The summed E-state index contributed by atoms with van der Waals surface area (Å²) in [6.07, 6.45) is 2.41. The number of aromatic nitrogens is 2. The molecule has 0 spiro atoms. The van der Waals surface area contributed by atoms with Crippen LogP contribution in [0.15, 0.2) is 89.2 Å². The van der Waals surface area contributed by atoms with Gasteiger partial charge in [0, 0.05) is 32.6 Å². The quantitative estimate of drug-likeness (QED) is 0.110. The van der Waals surface area contributed by atoms with Crippen LogP contribution in [0.2, 0.25) is 25.7 Å². The van der Waals surface area contributed by atoms with E-state index in [1.54, 1.807) is 61.9 Å². The number of carbonyl (C=O) groups excluding carboxylic acids is 2. The van der Waals surface area contributed by atoms with Crippen LogP contribution in [0.25, 0.3) is 11.1 Å². The van der Waals surface area contributed by atoms with Gasteiger partial charge in [-0.05, 0) is 86.5 Å². The molecule has 0 saturated heterocycles. The molecule has 4 rings (SSSR count). The molecule has 0 saturated carbocycles. The first kappa shape index (κ1) is 34.5. The van der Waals surface area contributed by atoms with Crippen LogP contribution in [0.4, 0.5) is 20.6 Å². The number of benzene rings is 3. The van der Waals surface area contributed by atoms with Crippen LogP contribution in [0.3, 0.4) is 0 Å². The van der Waals surface area contributed by atoms with E-state index in [2.05, 4.69) is 35.3 Å². The van der Waals surface area contributed by atoms with E-state index in [1.807, 2.05) is 0 Å². The summed E-state index contributed by atoms with van der Waals surface area (Å²) in [6.45, 7) is 12.7. The lowest BCUT2D eigenvalue weighted by molar-refractivity contribution is 0.0635. The van der Waals surface area contributed by atoms with Crippen molar-refractivity contribution in [2.75, 3.05) is 17.2 Å². The highest BCUT2D eigenvalue weighted by molar-refractivity contribution is 7.92. The second-order valence-corrected chi connectivity index (χ2v) is 20.5. The minimum Gasteiger partial charge on any atom is -0.444 e. The Bertz CT molecular complexity index is 1800. The van der Waals surface area contributed by atoms with E-state index in [4.69, 9.17) is 14.3 Å². The Kier molecular flexibility index (Phi) is 10.5. The van der Waals surface area contributed by atoms with Crippen LogP contribution >= 0.6 is 0 Å². The van der Waals surface area contributed by atoms with Crippen molar-refractivity contribution in [3.63, 3.8) is 0 Å². The number of rotatable bonds is 11. The summed E-state index contributed by atoms with van der Waals surface area (Å²) in [5, 5.41) is 5.55. The molecular formula is C33H40FN5O5SSi. The van der Waals surface area contributed by atoms with Crippen LogP contribution in [0.5, 0.6) is 0 Å². The fraction of sp³-hybridized carbons (Fsp3) is 0.303. The maximum Gasteiger partial charge on any atom is 0.412 e. The molecule has 10 nitrogen and oxygen atoms in total. The Hall–Kier alpha value is -4.33. The summed E-state index contributed by atoms with van der Waals surface area (Å²) >= 11 is 0. The van der Waals surface area contributed by atoms with Crippen molar-refractivity contribution < 1.29 is 27.7 Å². The zero-order valence-electron chi connectivity index (χ0n) is 26.8. The second-order valence-electron chi connectivity index (χ2n) is 13.0. The minimum atomic E-state index is -3.51. The van der Waals surface area contributed by atoms with Crippen molar-refractivity contribution in [3.8, 4) is 11.1 Å². The largest absolute Gasteiger partial charge is 0.444 e. The van der Waals surface area contributed by atoms with Gasteiger partial charge in [0.25, 0.3) is 5.91 Å². The monoisotopic (exact) mass is 665 g/mol. The van der Waals surface area contributed by atoms with Gasteiger partial charge in [0.1, 0.15) is 27.9 Å². The maximum absolute atomic E-state index is 13.6. The zero-order chi connectivity index (χ0) is 33.7. The molecule has 0 aliphatic heterocycles. The van der Waals surface area contributed by atoms with Crippen LogP contribution in [-0.4, -0.2) is 46.0 Å². The third kappa shape index (κ3) is 9.34. The number of nitrogens with one attached hydrogen (secondary N) is 3. The number of imidazole rings is 1. The van der Waals surface area contributed by atoms with Gasteiger partial charge in [0.05, 0.1) is 16.3 Å². The Labute approximate surface area is 270 Å². The molecule has 3 N–H and O–H groups in total. The van der Waals surface area contributed by atoms with Crippen LogP contribution in [-0.2, 0) is 25.9 Å². The smallest absolute Gasteiger partial charge is 0.412 e. The molecule has 1 atom stereocenters. The number of hydrogen-bond donors (Lipinski definition) is 3. The van der Waals surface area contributed by atoms with Gasteiger partial charge in [-0.2, -0.15) is 0 Å². The van der Waals surface area contributed by atoms with E-state index in [0.717, 1.165) is 6.04 Å². The highest BCUT2D eigenvalue weighted by Gasteiger charge is 2.22. The lowest BCUT2D eigenvalue weighted by atomic mass is 10.0. The standard InChI is InChI=1S/C33H40FN5O5SSi/c1-33(2,3)44-32(41)38-28-16-11-25(23-7-12-26(34)13-8-23)21-29(28)37-30(40)24-9-14-27(15-10-24)45(35,42)31-36-17-18-39(31)22-43-19-20-46(4,5)6/h7-18,21,35H,19-20,22H2,1-6H3,(H,37,40)(H,38,41). The minimum absolute atomic E-state index is 0.0631. The third-order valence-electron chi connectivity index (χ3n) is 6.69. The molecule has 4 aromatic rings. The van der Waals surface area contributed by atoms with E-state index in [0.29, 0.717) is 17.7 Å². The van der Waals surface area contributed by atoms with Gasteiger partial charge in [0.15, 0.2) is 0 Å². The number of ether oxygens (including phenoxy) is 2. The Morgan fingerprint density at radius 3 is 2.24 bits per heavy atom. The number of halogens is 1. The average molecular weight is 666 g/mol. The lowest BCUT2D eigenvalue weighted by Crippen LogP contribution is -2.27. The predicted molar refractivity (Wildman–Crippen MR) is 180 cm³/mol. The highest BCUT2D eigenvalue weighted by Crippen LogP contribution is 2.31. The lowest BCUT2D eigenvalue weighted by Gasteiger charge is -2.21. The number of hydrogen-bond acceptors (Lipinski definition) is 7. The molecule has 0 bridgehead atoms. The molecular weight excluding hydrogens is 626 g/mol. The summed E-state index contributed by atoms with van der Waals surface area (Å²) < 4.78 is 48.6. The molecule has 13 heteroatoms. The normalized spacial score (nSPS) is 13.1. The topological polar surface area (TPSA) is 135 Å². The van der Waals surface area contributed by atoms with Gasteiger partial charge in [-0.25, -0.2) is 23.2 Å². The first-order valence-corrected chi connectivity index (χ1v) is 20.0. The molecule has 0 aliphatic carbocycles. The molecule has 0 aliphatic rings. The summed E-state index contributed by atoms with van der Waals surface area (Å²) in [5.74, 6) is -0.890. The van der Waals surface area contributed by atoms with Crippen LogP contribution in [0.1, 0.15) is 31.1 Å². The van der Waals surface area contributed by atoms with E-state index in [1.165, 1.54) is 42.6 Å². The Morgan fingerprint density at radius 2 is 1.61 bits per heavy atom. The van der Waals surface area contributed by atoms with Crippen molar-refractivity contribution in [1.29, 1.82) is 4.78 Å². The van der Waals surface area contributed by atoms with Crippen LogP contribution < -0.4 is 10.6 Å². The molecule has 46 heavy (non-hydrogen) atoms. The average Bonchev–Trinajstić information content (AvgIpc) is 3.45. The summed E-state index contributed by atoms with van der Waals surface area (Å²) in [5.41, 5.74) is 1.44. The molecule has 0 radical (unpaired) electrons. The molecule has 1 aromatic heterocycles. The van der Waals surface area contributed by atoms with Gasteiger partial charge < -0.3 is 14.8 Å². The first-order valence-electron chi connectivity index (χ1n) is 14.7. The molecule has 1 unspecified atom stereocenters. The van der Waals surface area contributed by atoms with Gasteiger partial charge in [-0.3, -0.25) is 14.7 Å². The SMILES string of the molecule is CC(C)(C)OC(=O)Nc1ccc(-c2ccc(F)cc2)cc1NC(=O)c1ccc(S(=N)(=O)c2nccn2COCC[Si](C)(C)C)cc1. The third-order valence-corrected chi connectivity index (χ3v) is 10.2. The predicted octanol–water partition coefficient (Wildman–Crippen LogP) is 8.07. The van der Waals surface area contributed by atoms with E-state index in [9.17, 15) is 18.2 Å². The second kappa shape index (κ2) is 14.0.